The number of aryl methyl sites for hydroxylation is 1. The fraction of sp³-hybridized carbons (Fsp3) is 0.500. The lowest BCUT2D eigenvalue weighted by atomic mass is 9.86. The van der Waals surface area contributed by atoms with Crippen LogP contribution in [0.3, 0.4) is 0 Å². The van der Waals surface area contributed by atoms with Crippen LogP contribution in [0, 0.1) is 0 Å². The van der Waals surface area contributed by atoms with Gasteiger partial charge in [0.1, 0.15) is 6.04 Å². The normalized spacial score (nSPS) is 13.3. The predicted molar refractivity (Wildman–Crippen MR) is 137 cm³/mol. The molecule has 0 unspecified atom stereocenters. The molecule has 0 bridgehead atoms. The van der Waals surface area contributed by atoms with Gasteiger partial charge in [0.25, 0.3) is 0 Å². The number of hydrogen-bond donors (Lipinski definition) is 1. The van der Waals surface area contributed by atoms with Gasteiger partial charge < -0.3 is 10.2 Å². The summed E-state index contributed by atoms with van der Waals surface area (Å²) in [7, 11) is 0. The Bertz CT molecular complexity index is 918. The van der Waals surface area contributed by atoms with E-state index in [9.17, 15) is 9.59 Å². The van der Waals surface area contributed by atoms with Gasteiger partial charge in [-0.15, -0.1) is 0 Å². The van der Waals surface area contributed by atoms with E-state index in [-0.39, 0.29) is 23.3 Å². The van der Waals surface area contributed by atoms with Crippen LogP contribution >= 0.6 is 11.6 Å². The van der Waals surface area contributed by atoms with Gasteiger partial charge in [-0.05, 0) is 54.4 Å². The molecule has 0 saturated carbocycles. The van der Waals surface area contributed by atoms with E-state index in [4.69, 9.17) is 11.6 Å². The standard InChI is InChI=1S/C28H39ClN2O2/c1-7-20(3)30-27(33)25(8-2)31(19-22-11-9-10-12-24(22)29)26(32)18-15-21-13-16-23(17-14-21)28(4,5)6/h9-14,16-17,20,25H,7-8,15,18-19H2,1-6H3,(H,30,33)/t20-,25-/m1/s1. The van der Waals surface area contributed by atoms with Crippen LogP contribution in [0.15, 0.2) is 48.5 Å². The van der Waals surface area contributed by atoms with Gasteiger partial charge in [-0.2, -0.15) is 0 Å². The van der Waals surface area contributed by atoms with Gasteiger partial charge in [-0.25, -0.2) is 0 Å². The highest BCUT2D eigenvalue weighted by molar-refractivity contribution is 6.31. The number of carbonyl (C=O) groups is 2. The smallest absolute Gasteiger partial charge is 0.243 e. The molecule has 2 aromatic rings. The monoisotopic (exact) mass is 470 g/mol. The van der Waals surface area contributed by atoms with Crippen LogP contribution < -0.4 is 5.32 Å². The molecule has 2 atom stereocenters. The molecule has 0 radical (unpaired) electrons. The summed E-state index contributed by atoms with van der Waals surface area (Å²) in [4.78, 5) is 28.2. The second-order valence-corrected chi connectivity index (χ2v) is 10.2. The van der Waals surface area contributed by atoms with Gasteiger partial charge in [0.2, 0.25) is 11.8 Å². The predicted octanol–water partition coefficient (Wildman–Crippen LogP) is 6.29. The number of carbonyl (C=O) groups excluding carboxylic acids is 2. The van der Waals surface area contributed by atoms with Gasteiger partial charge in [-0.3, -0.25) is 9.59 Å². The summed E-state index contributed by atoms with van der Waals surface area (Å²) in [5.41, 5.74) is 3.32. The molecule has 0 heterocycles. The van der Waals surface area contributed by atoms with Crippen LogP contribution in [0.1, 0.15) is 77.5 Å². The molecular formula is C28H39ClN2O2. The third-order valence-corrected chi connectivity index (χ3v) is 6.50. The van der Waals surface area contributed by atoms with Crippen molar-refractivity contribution in [1.82, 2.24) is 10.2 Å². The molecule has 0 fully saturated rings. The van der Waals surface area contributed by atoms with Gasteiger partial charge in [0.15, 0.2) is 0 Å². The molecular weight excluding hydrogens is 432 g/mol. The molecule has 5 heteroatoms. The largest absolute Gasteiger partial charge is 0.352 e. The minimum absolute atomic E-state index is 0.0408. The van der Waals surface area contributed by atoms with Crippen LogP contribution in [0.2, 0.25) is 5.02 Å². The van der Waals surface area contributed by atoms with Crippen LogP contribution in [0.25, 0.3) is 0 Å². The molecule has 0 spiro atoms. The van der Waals surface area contributed by atoms with Crippen molar-refractivity contribution in [3.63, 3.8) is 0 Å². The van der Waals surface area contributed by atoms with E-state index < -0.39 is 6.04 Å². The maximum Gasteiger partial charge on any atom is 0.243 e. The number of rotatable bonds is 10. The van der Waals surface area contributed by atoms with Crippen molar-refractivity contribution in [3.05, 3.63) is 70.2 Å². The zero-order chi connectivity index (χ0) is 24.6. The number of benzene rings is 2. The first-order valence-corrected chi connectivity index (χ1v) is 12.4. The highest BCUT2D eigenvalue weighted by Gasteiger charge is 2.29. The van der Waals surface area contributed by atoms with E-state index in [1.54, 1.807) is 4.90 Å². The number of amides is 2. The Labute approximate surface area is 204 Å². The quantitative estimate of drug-likeness (QED) is 0.443. The van der Waals surface area contributed by atoms with Crippen LogP contribution in [0.5, 0.6) is 0 Å². The minimum atomic E-state index is -0.536. The van der Waals surface area contributed by atoms with Crippen molar-refractivity contribution >= 4 is 23.4 Å². The molecule has 33 heavy (non-hydrogen) atoms. The van der Waals surface area contributed by atoms with E-state index in [0.29, 0.717) is 30.8 Å². The van der Waals surface area contributed by atoms with Gasteiger partial charge >= 0.3 is 0 Å². The van der Waals surface area contributed by atoms with E-state index >= 15 is 0 Å². The van der Waals surface area contributed by atoms with E-state index in [2.05, 4.69) is 50.4 Å². The topological polar surface area (TPSA) is 49.4 Å². The molecule has 180 valence electrons. The number of nitrogens with zero attached hydrogens (tertiary/aromatic N) is 1. The van der Waals surface area contributed by atoms with Crippen molar-refractivity contribution in [2.24, 2.45) is 0 Å². The second kappa shape index (κ2) is 12.2. The molecule has 4 nitrogen and oxygen atoms in total. The fourth-order valence-electron chi connectivity index (χ4n) is 3.74. The molecule has 0 saturated heterocycles. The number of halogens is 1. The summed E-state index contributed by atoms with van der Waals surface area (Å²) in [6.45, 7) is 12.8. The summed E-state index contributed by atoms with van der Waals surface area (Å²) < 4.78 is 0. The van der Waals surface area contributed by atoms with Crippen molar-refractivity contribution in [2.75, 3.05) is 0 Å². The average Bonchev–Trinajstić information content (AvgIpc) is 2.78. The fourth-order valence-corrected chi connectivity index (χ4v) is 3.93. The Balaban J connectivity index is 2.21. The summed E-state index contributed by atoms with van der Waals surface area (Å²) in [5, 5.41) is 3.65. The molecule has 0 aromatic heterocycles. The van der Waals surface area contributed by atoms with Gasteiger partial charge in [0.05, 0.1) is 0 Å². The Morgan fingerprint density at radius 1 is 1.00 bits per heavy atom. The highest BCUT2D eigenvalue weighted by Crippen LogP contribution is 2.23. The van der Waals surface area contributed by atoms with Gasteiger partial charge in [-0.1, -0.05) is 88.7 Å². The lowest BCUT2D eigenvalue weighted by molar-refractivity contribution is -0.141. The van der Waals surface area contributed by atoms with Gasteiger partial charge in [0, 0.05) is 24.0 Å². The third kappa shape index (κ3) is 7.89. The van der Waals surface area contributed by atoms with E-state index in [1.807, 2.05) is 45.0 Å². The van der Waals surface area contributed by atoms with Crippen LogP contribution in [-0.4, -0.2) is 28.8 Å². The summed E-state index contributed by atoms with van der Waals surface area (Å²) >= 11 is 6.39. The van der Waals surface area contributed by atoms with Crippen molar-refractivity contribution in [3.8, 4) is 0 Å². The maximum atomic E-state index is 13.4. The average molecular weight is 471 g/mol. The van der Waals surface area contributed by atoms with Crippen molar-refractivity contribution < 1.29 is 9.59 Å². The minimum Gasteiger partial charge on any atom is -0.352 e. The van der Waals surface area contributed by atoms with Crippen molar-refractivity contribution in [2.45, 2.75) is 91.3 Å². The molecule has 2 amide bonds. The Morgan fingerprint density at radius 2 is 1.64 bits per heavy atom. The number of nitrogens with one attached hydrogen (secondary N) is 1. The third-order valence-electron chi connectivity index (χ3n) is 6.13. The van der Waals surface area contributed by atoms with Crippen LogP contribution in [-0.2, 0) is 28.0 Å². The molecule has 0 aliphatic carbocycles. The molecule has 1 N–H and O–H groups in total. The van der Waals surface area contributed by atoms with E-state index in [0.717, 1.165) is 17.5 Å². The first-order valence-electron chi connectivity index (χ1n) is 12.0. The van der Waals surface area contributed by atoms with E-state index in [1.165, 1.54) is 5.56 Å². The molecule has 2 aromatic carbocycles. The second-order valence-electron chi connectivity index (χ2n) is 9.80. The highest BCUT2D eigenvalue weighted by atomic mass is 35.5. The summed E-state index contributed by atoms with van der Waals surface area (Å²) in [5.74, 6) is -0.150. The Hall–Kier alpha value is -2.33. The Kier molecular flexibility index (Phi) is 9.97. The maximum absolute atomic E-state index is 13.4. The summed E-state index contributed by atoms with van der Waals surface area (Å²) in [6, 6.07) is 15.5. The Morgan fingerprint density at radius 3 is 2.18 bits per heavy atom. The van der Waals surface area contributed by atoms with Crippen LogP contribution in [0.4, 0.5) is 0 Å². The first kappa shape index (κ1) is 26.9. The zero-order valence-electron chi connectivity index (χ0n) is 21.0. The lowest BCUT2D eigenvalue weighted by Crippen LogP contribution is -2.50. The number of hydrogen-bond acceptors (Lipinski definition) is 2. The van der Waals surface area contributed by atoms with Crippen molar-refractivity contribution in [1.29, 1.82) is 0 Å². The summed E-state index contributed by atoms with van der Waals surface area (Å²) in [6.07, 6.45) is 2.35. The first-order chi connectivity index (χ1) is 15.6. The SMILES string of the molecule is CC[C@@H](C)NC(=O)[C@@H](CC)N(Cc1ccccc1Cl)C(=O)CCc1ccc(C(C)(C)C)cc1. The molecule has 2 rings (SSSR count). The molecule has 0 aliphatic heterocycles. The lowest BCUT2D eigenvalue weighted by Gasteiger charge is -2.32. The molecule has 0 aliphatic rings. The zero-order valence-corrected chi connectivity index (χ0v) is 21.7.